The quantitative estimate of drug-likeness (QED) is 0.808. The van der Waals surface area contributed by atoms with Crippen molar-refractivity contribution >= 4 is 38.9 Å². The van der Waals surface area contributed by atoms with Crippen molar-refractivity contribution in [2.45, 2.75) is 19.5 Å². The second-order valence-corrected chi connectivity index (χ2v) is 6.81. The average molecular weight is 361 g/mol. The van der Waals surface area contributed by atoms with E-state index in [0.29, 0.717) is 0 Å². The van der Waals surface area contributed by atoms with Crippen LogP contribution in [0.4, 0.5) is 0 Å². The summed E-state index contributed by atoms with van der Waals surface area (Å²) in [6.45, 7) is 2.94. The van der Waals surface area contributed by atoms with Crippen LogP contribution in [-0.2, 0) is 6.54 Å². The van der Waals surface area contributed by atoms with E-state index in [1.807, 2.05) is 12.1 Å². The number of rotatable bonds is 5. The van der Waals surface area contributed by atoms with Gasteiger partial charge in [0.05, 0.1) is 7.11 Å². The van der Waals surface area contributed by atoms with Crippen molar-refractivity contribution in [3.63, 3.8) is 0 Å². The number of halogens is 2. The van der Waals surface area contributed by atoms with Gasteiger partial charge in [-0.15, -0.1) is 11.3 Å². The molecule has 1 N–H and O–H groups in total. The molecule has 1 aromatic carbocycles. The van der Waals surface area contributed by atoms with Crippen molar-refractivity contribution in [3.8, 4) is 5.75 Å². The maximum Gasteiger partial charge on any atom is 0.119 e. The van der Waals surface area contributed by atoms with E-state index in [1.165, 1.54) is 10.4 Å². The van der Waals surface area contributed by atoms with Gasteiger partial charge in [0, 0.05) is 21.9 Å². The van der Waals surface area contributed by atoms with Crippen LogP contribution >= 0.6 is 38.9 Å². The number of benzene rings is 1. The first-order chi connectivity index (χ1) is 9.10. The predicted molar refractivity (Wildman–Crippen MR) is 85.3 cm³/mol. The Morgan fingerprint density at radius 2 is 2.21 bits per heavy atom. The summed E-state index contributed by atoms with van der Waals surface area (Å²) in [5.74, 6) is 0.882. The maximum absolute atomic E-state index is 6.03. The summed E-state index contributed by atoms with van der Waals surface area (Å²) >= 11 is 11.0. The number of hydrogen-bond donors (Lipinski definition) is 1. The van der Waals surface area contributed by atoms with Crippen LogP contribution < -0.4 is 10.1 Å². The second-order valence-electron chi connectivity index (χ2n) is 4.21. The van der Waals surface area contributed by atoms with Crippen LogP contribution in [0.3, 0.4) is 0 Å². The highest BCUT2D eigenvalue weighted by Crippen LogP contribution is 2.32. The third kappa shape index (κ3) is 3.96. The van der Waals surface area contributed by atoms with Crippen molar-refractivity contribution in [1.29, 1.82) is 0 Å². The fourth-order valence-corrected chi connectivity index (χ4v) is 3.50. The lowest BCUT2D eigenvalue weighted by Gasteiger charge is -2.14. The molecule has 2 rings (SSSR count). The molecule has 2 nitrogen and oxygen atoms in total. The van der Waals surface area contributed by atoms with Gasteiger partial charge >= 0.3 is 0 Å². The van der Waals surface area contributed by atoms with E-state index in [4.69, 9.17) is 16.3 Å². The minimum absolute atomic E-state index is 0.259. The molecular weight excluding hydrogens is 346 g/mol. The molecule has 102 valence electrons. The average Bonchev–Trinajstić information content (AvgIpc) is 2.75. The van der Waals surface area contributed by atoms with E-state index in [2.05, 4.69) is 46.4 Å². The molecule has 19 heavy (non-hydrogen) atoms. The van der Waals surface area contributed by atoms with Crippen LogP contribution in [0.5, 0.6) is 5.75 Å². The van der Waals surface area contributed by atoms with Crippen LogP contribution in [0.1, 0.15) is 23.4 Å². The third-order valence-corrected chi connectivity index (χ3v) is 5.35. The number of hydrogen-bond acceptors (Lipinski definition) is 3. The minimum Gasteiger partial charge on any atom is -0.497 e. The summed E-state index contributed by atoms with van der Waals surface area (Å²) in [4.78, 5) is 1.21. The molecule has 0 fully saturated rings. The van der Waals surface area contributed by atoms with Gasteiger partial charge in [-0.05, 0) is 46.6 Å². The molecule has 0 bridgehead atoms. The highest BCUT2D eigenvalue weighted by Gasteiger charge is 2.08. The highest BCUT2D eigenvalue weighted by atomic mass is 79.9. The van der Waals surface area contributed by atoms with Crippen molar-refractivity contribution in [2.24, 2.45) is 0 Å². The first-order valence-corrected chi connectivity index (χ1v) is 7.90. The summed E-state index contributed by atoms with van der Waals surface area (Å²) in [5, 5.41) is 3.48. The number of ether oxygens (including phenoxy) is 1. The Bertz CT molecular complexity index is 539. The van der Waals surface area contributed by atoms with Crippen LogP contribution in [-0.4, -0.2) is 7.11 Å². The molecule has 0 aliphatic carbocycles. The van der Waals surface area contributed by atoms with E-state index < -0.39 is 0 Å². The Hall–Kier alpha value is -0.550. The van der Waals surface area contributed by atoms with E-state index in [9.17, 15) is 0 Å². The lowest BCUT2D eigenvalue weighted by atomic mass is 10.1. The van der Waals surface area contributed by atoms with Gasteiger partial charge in [0.2, 0.25) is 0 Å². The number of nitrogens with one attached hydrogen (secondary N) is 1. The maximum atomic E-state index is 6.03. The molecule has 0 saturated carbocycles. The molecule has 0 spiro atoms. The smallest absolute Gasteiger partial charge is 0.119 e. The van der Waals surface area contributed by atoms with E-state index >= 15 is 0 Å². The van der Waals surface area contributed by atoms with Crippen molar-refractivity contribution in [1.82, 2.24) is 5.32 Å². The highest BCUT2D eigenvalue weighted by molar-refractivity contribution is 9.10. The van der Waals surface area contributed by atoms with Crippen LogP contribution in [0.2, 0.25) is 4.34 Å². The molecule has 1 atom stereocenters. The first kappa shape index (κ1) is 14.9. The molecule has 0 saturated heterocycles. The van der Waals surface area contributed by atoms with Crippen molar-refractivity contribution in [2.75, 3.05) is 7.11 Å². The molecule has 0 aliphatic rings. The predicted octanol–water partition coefficient (Wildman–Crippen LogP) is 5.02. The fourth-order valence-electron chi connectivity index (χ4n) is 1.76. The summed E-state index contributed by atoms with van der Waals surface area (Å²) in [7, 11) is 1.68. The lowest BCUT2D eigenvalue weighted by molar-refractivity contribution is 0.413. The SMILES string of the molecule is COc1cccc(C(C)NCc2cc(Br)c(Cl)s2)c1. The molecule has 0 aliphatic heterocycles. The van der Waals surface area contributed by atoms with Gasteiger partial charge in [-0.3, -0.25) is 0 Å². The molecular formula is C14H15BrClNOS. The summed E-state index contributed by atoms with van der Waals surface area (Å²) in [5.41, 5.74) is 1.21. The molecule has 5 heteroatoms. The largest absolute Gasteiger partial charge is 0.497 e. The first-order valence-electron chi connectivity index (χ1n) is 5.91. The Morgan fingerprint density at radius 1 is 1.42 bits per heavy atom. The Kier molecular flexibility index (Phi) is 5.28. The molecule has 0 amide bonds. The van der Waals surface area contributed by atoms with Crippen LogP contribution in [0, 0.1) is 0 Å². The number of methoxy groups -OCH3 is 1. The molecule has 1 unspecified atom stereocenters. The second kappa shape index (κ2) is 6.75. The third-order valence-electron chi connectivity index (χ3n) is 2.87. The van der Waals surface area contributed by atoms with E-state index in [0.717, 1.165) is 21.1 Å². The van der Waals surface area contributed by atoms with Gasteiger partial charge in [-0.25, -0.2) is 0 Å². The molecule has 0 radical (unpaired) electrons. The topological polar surface area (TPSA) is 21.3 Å². The zero-order valence-corrected chi connectivity index (χ0v) is 13.9. The Labute approximate surface area is 130 Å². The standard InChI is InChI=1S/C14H15BrClNOS/c1-9(10-4-3-5-11(6-10)18-2)17-8-12-7-13(15)14(16)19-12/h3-7,9,17H,8H2,1-2H3. The van der Waals surface area contributed by atoms with Gasteiger partial charge in [0.1, 0.15) is 10.1 Å². The molecule has 2 aromatic rings. The number of thiophene rings is 1. The van der Waals surface area contributed by atoms with Crippen molar-refractivity contribution in [3.05, 3.63) is 49.6 Å². The minimum atomic E-state index is 0.259. The van der Waals surface area contributed by atoms with E-state index in [1.54, 1.807) is 18.4 Å². The van der Waals surface area contributed by atoms with Gasteiger partial charge in [-0.1, -0.05) is 23.7 Å². The molecule has 1 heterocycles. The summed E-state index contributed by atoms with van der Waals surface area (Å²) in [6, 6.07) is 10.4. The Balaban J connectivity index is 1.98. The summed E-state index contributed by atoms with van der Waals surface area (Å²) in [6.07, 6.45) is 0. The molecule has 1 aromatic heterocycles. The van der Waals surface area contributed by atoms with Gasteiger partial charge in [0.25, 0.3) is 0 Å². The normalized spacial score (nSPS) is 12.4. The monoisotopic (exact) mass is 359 g/mol. The van der Waals surface area contributed by atoms with Crippen LogP contribution in [0.25, 0.3) is 0 Å². The lowest BCUT2D eigenvalue weighted by Crippen LogP contribution is -2.17. The van der Waals surface area contributed by atoms with Crippen molar-refractivity contribution < 1.29 is 4.74 Å². The van der Waals surface area contributed by atoms with Gasteiger partial charge in [-0.2, -0.15) is 0 Å². The van der Waals surface area contributed by atoms with Crippen LogP contribution in [0.15, 0.2) is 34.8 Å². The van der Waals surface area contributed by atoms with Gasteiger partial charge in [0.15, 0.2) is 0 Å². The van der Waals surface area contributed by atoms with E-state index in [-0.39, 0.29) is 6.04 Å². The van der Waals surface area contributed by atoms with Gasteiger partial charge < -0.3 is 10.1 Å². The zero-order valence-electron chi connectivity index (χ0n) is 10.7. The summed E-state index contributed by atoms with van der Waals surface area (Å²) < 4.78 is 7.00. The Morgan fingerprint density at radius 3 is 2.84 bits per heavy atom. The fraction of sp³-hybridized carbons (Fsp3) is 0.286. The zero-order chi connectivity index (χ0) is 13.8.